The van der Waals surface area contributed by atoms with Gasteiger partial charge in [-0.3, -0.25) is 14.3 Å². The van der Waals surface area contributed by atoms with E-state index in [2.05, 4.69) is 28.9 Å². The molecular weight excluding hydrogens is 468 g/mol. The van der Waals surface area contributed by atoms with Crippen molar-refractivity contribution in [3.63, 3.8) is 0 Å². The highest BCUT2D eigenvalue weighted by Gasteiger charge is 2.22. The summed E-state index contributed by atoms with van der Waals surface area (Å²) >= 11 is 7.47. The number of ether oxygens (including phenoxy) is 1. The van der Waals surface area contributed by atoms with Gasteiger partial charge in [0.2, 0.25) is 0 Å². The molecule has 1 unspecified atom stereocenters. The van der Waals surface area contributed by atoms with Gasteiger partial charge in [0.1, 0.15) is 17.1 Å². The highest BCUT2D eigenvalue weighted by Crippen LogP contribution is 2.31. The molecule has 0 N–H and O–H groups in total. The molecule has 0 radical (unpaired) electrons. The Morgan fingerprint density at radius 1 is 1.12 bits per heavy atom. The number of halogens is 1. The Morgan fingerprint density at radius 3 is 2.76 bits per heavy atom. The van der Waals surface area contributed by atoms with Crippen molar-refractivity contribution >= 4 is 33.2 Å². The zero-order valence-electron chi connectivity index (χ0n) is 19.3. The molecule has 8 heteroatoms. The van der Waals surface area contributed by atoms with Crippen LogP contribution in [0.4, 0.5) is 0 Å². The smallest absolute Gasteiger partial charge is 0.271 e. The fourth-order valence-electron chi connectivity index (χ4n) is 4.22. The summed E-state index contributed by atoms with van der Waals surface area (Å²) in [6.07, 6.45) is 1.63. The maximum absolute atomic E-state index is 13.2. The van der Waals surface area contributed by atoms with Crippen molar-refractivity contribution in [1.29, 1.82) is 0 Å². The standard InChI is InChI=1S/C26H27ClN4O2S/c1-29-10-11-30(2)21(15-29)16-33-22-5-3-4-18(12-22)14-31-17-28-23-13-24(34-25(23)26(31)32)19-6-8-20(27)9-7-19/h3-9,12-13,17,21H,10-11,14-16H2,1-2H3. The number of hydrogen-bond acceptors (Lipinski definition) is 6. The Hall–Kier alpha value is -2.71. The normalized spacial score (nSPS) is 17.3. The Balaban J connectivity index is 1.32. The summed E-state index contributed by atoms with van der Waals surface area (Å²) < 4.78 is 8.44. The summed E-state index contributed by atoms with van der Waals surface area (Å²) in [5, 5.41) is 0.689. The lowest BCUT2D eigenvalue weighted by atomic mass is 10.2. The molecule has 1 saturated heterocycles. The van der Waals surface area contributed by atoms with E-state index in [0.717, 1.165) is 46.9 Å². The number of likely N-dealkylation sites (N-methyl/N-ethyl adjacent to an activating group) is 2. The molecule has 0 bridgehead atoms. The van der Waals surface area contributed by atoms with Crippen molar-refractivity contribution in [2.75, 3.05) is 40.3 Å². The lowest BCUT2D eigenvalue weighted by Crippen LogP contribution is -2.52. The van der Waals surface area contributed by atoms with Gasteiger partial charge in [0.05, 0.1) is 24.4 Å². The van der Waals surface area contributed by atoms with E-state index < -0.39 is 0 Å². The number of hydrogen-bond donors (Lipinski definition) is 0. The first-order valence-electron chi connectivity index (χ1n) is 11.3. The number of fused-ring (bicyclic) bond motifs is 1. The maximum atomic E-state index is 13.2. The third-order valence-electron chi connectivity index (χ3n) is 6.31. The van der Waals surface area contributed by atoms with E-state index in [1.54, 1.807) is 10.9 Å². The third-order valence-corrected chi connectivity index (χ3v) is 7.72. The van der Waals surface area contributed by atoms with E-state index in [0.29, 0.717) is 28.9 Å². The fourth-order valence-corrected chi connectivity index (χ4v) is 5.41. The quantitative estimate of drug-likeness (QED) is 0.396. The van der Waals surface area contributed by atoms with E-state index in [9.17, 15) is 4.79 Å². The monoisotopic (exact) mass is 494 g/mol. The summed E-state index contributed by atoms with van der Waals surface area (Å²) in [5.41, 5.74) is 2.71. The van der Waals surface area contributed by atoms with Crippen LogP contribution in [-0.4, -0.2) is 65.7 Å². The second kappa shape index (κ2) is 9.88. The molecule has 1 atom stereocenters. The Morgan fingerprint density at radius 2 is 1.94 bits per heavy atom. The van der Waals surface area contributed by atoms with Gasteiger partial charge >= 0.3 is 0 Å². The molecule has 1 aliphatic heterocycles. The van der Waals surface area contributed by atoms with Gasteiger partial charge in [-0.25, -0.2) is 4.98 Å². The van der Waals surface area contributed by atoms with Crippen molar-refractivity contribution in [2.45, 2.75) is 12.6 Å². The molecular formula is C26H27ClN4O2S. The lowest BCUT2D eigenvalue weighted by molar-refractivity contribution is 0.0781. The molecule has 34 heavy (non-hydrogen) atoms. The van der Waals surface area contributed by atoms with Crippen molar-refractivity contribution in [3.05, 3.63) is 81.9 Å². The van der Waals surface area contributed by atoms with E-state index in [1.165, 1.54) is 11.3 Å². The molecule has 0 spiro atoms. The molecule has 0 amide bonds. The molecule has 3 heterocycles. The number of piperazine rings is 1. The van der Waals surface area contributed by atoms with Gasteiger partial charge in [-0.1, -0.05) is 35.9 Å². The molecule has 4 aromatic rings. The van der Waals surface area contributed by atoms with E-state index in [4.69, 9.17) is 16.3 Å². The summed E-state index contributed by atoms with van der Waals surface area (Å²) in [5.74, 6) is 0.822. The predicted molar refractivity (Wildman–Crippen MR) is 139 cm³/mol. The van der Waals surface area contributed by atoms with Crippen LogP contribution in [0.25, 0.3) is 20.7 Å². The largest absolute Gasteiger partial charge is 0.492 e. The Bertz CT molecular complexity index is 1350. The van der Waals surface area contributed by atoms with Crippen LogP contribution in [0.2, 0.25) is 5.02 Å². The van der Waals surface area contributed by atoms with Crippen LogP contribution >= 0.6 is 22.9 Å². The maximum Gasteiger partial charge on any atom is 0.271 e. The van der Waals surface area contributed by atoms with Gasteiger partial charge in [0, 0.05) is 29.5 Å². The molecule has 5 rings (SSSR count). The summed E-state index contributed by atoms with van der Waals surface area (Å²) in [6, 6.07) is 17.9. The van der Waals surface area contributed by atoms with Crippen molar-refractivity contribution in [1.82, 2.24) is 19.4 Å². The minimum Gasteiger partial charge on any atom is -0.492 e. The summed E-state index contributed by atoms with van der Waals surface area (Å²) in [4.78, 5) is 23.4. The number of thiophene rings is 1. The van der Waals surface area contributed by atoms with Gasteiger partial charge in [0.15, 0.2) is 0 Å². The van der Waals surface area contributed by atoms with Gasteiger partial charge in [-0.2, -0.15) is 0 Å². The van der Waals surface area contributed by atoms with Crippen LogP contribution in [0, 0.1) is 0 Å². The second-order valence-corrected chi connectivity index (χ2v) is 10.4. The molecule has 176 valence electrons. The Labute approximate surface area is 208 Å². The molecule has 0 aliphatic carbocycles. The third kappa shape index (κ3) is 5.03. The van der Waals surface area contributed by atoms with Gasteiger partial charge in [0.25, 0.3) is 5.56 Å². The average Bonchev–Trinajstić information content (AvgIpc) is 3.27. The minimum absolute atomic E-state index is 0.0339. The lowest BCUT2D eigenvalue weighted by Gasteiger charge is -2.37. The van der Waals surface area contributed by atoms with E-state index in [1.807, 2.05) is 54.6 Å². The van der Waals surface area contributed by atoms with E-state index >= 15 is 0 Å². The summed E-state index contributed by atoms with van der Waals surface area (Å²) in [7, 11) is 4.30. The molecule has 0 saturated carbocycles. The highest BCUT2D eigenvalue weighted by molar-refractivity contribution is 7.22. The Kier molecular flexibility index (Phi) is 6.70. The first kappa shape index (κ1) is 23.1. The SMILES string of the molecule is CN1CCN(C)C(COc2cccc(Cn3cnc4cc(-c5ccc(Cl)cc5)sc4c3=O)c2)C1. The van der Waals surface area contributed by atoms with Crippen LogP contribution < -0.4 is 10.3 Å². The number of benzene rings is 2. The number of nitrogens with zero attached hydrogens (tertiary/aromatic N) is 4. The first-order valence-corrected chi connectivity index (χ1v) is 12.5. The van der Waals surface area contributed by atoms with Crippen LogP contribution in [0.3, 0.4) is 0 Å². The van der Waals surface area contributed by atoms with Gasteiger partial charge in [-0.15, -0.1) is 11.3 Å². The van der Waals surface area contributed by atoms with Crippen molar-refractivity contribution in [2.24, 2.45) is 0 Å². The molecule has 6 nitrogen and oxygen atoms in total. The van der Waals surface area contributed by atoms with Crippen LogP contribution in [0.1, 0.15) is 5.56 Å². The topological polar surface area (TPSA) is 50.6 Å². The molecule has 2 aromatic heterocycles. The van der Waals surface area contributed by atoms with Crippen LogP contribution in [0.5, 0.6) is 5.75 Å². The number of rotatable bonds is 6. The van der Waals surface area contributed by atoms with Crippen LogP contribution in [-0.2, 0) is 6.54 Å². The molecule has 1 fully saturated rings. The predicted octanol–water partition coefficient (Wildman–Crippen LogP) is 4.45. The summed E-state index contributed by atoms with van der Waals surface area (Å²) in [6.45, 7) is 4.21. The fraction of sp³-hybridized carbons (Fsp3) is 0.308. The number of aromatic nitrogens is 2. The average molecular weight is 495 g/mol. The molecule has 1 aliphatic rings. The van der Waals surface area contributed by atoms with E-state index in [-0.39, 0.29) is 5.56 Å². The van der Waals surface area contributed by atoms with Crippen molar-refractivity contribution in [3.8, 4) is 16.2 Å². The van der Waals surface area contributed by atoms with Crippen LogP contribution in [0.15, 0.2) is 65.7 Å². The minimum atomic E-state index is -0.0339. The van der Waals surface area contributed by atoms with Gasteiger partial charge < -0.3 is 9.64 Å². The van der Waals surface area contributed by atoms with Crippen molar-refractivity contribution < 1.29 is 4.74 Å². The first-order chi connectivity index (χ1) is 16.5. The zero-order valence-corrected chi connectivity index (χ0v) is 20.9. The van der Waals surface area contributed by atoms with Gasteiger partial charge in [-0.05, 0) is 55.6 Å². The zero-order chi connectivity index (χ0) is 23.7. The second-order valence-electron chi connectivity index (χ2n) is 8.86. The molecule has 2 aromatic carbocycles. The highest BCUT2D eigenvalue weighted by atomic mass is 35.5.